The number of allylic oxidation sites excluding steroid dienone is 8. The van der Waals surface area contributed by atoms with Crippen molar-refractivity contribution in [2.24, 2.45) is 16.6 Å². The number of hydrogen-bond acceptors (Lipinski definition) is 7. The lowest BCUT2D eigenvalue weighted by molar-refractivity contribution is -0.142. The molecular weight excluding hydrogens is 518 g/mol. The molecular formula is C33H53N3O5. The predicted molar refractivity (Wildman–Crippen MR) is 169 cm³/mol. The Labute approximate surface area is 247 Å². The van der Waals surface area contributed by atoms with E-state index < -0.39 is 5.97 Å². The zero-order chi connectivity index (χ0) is 31.2. The molecule has 1 aliphatic carbocycles. The number of methoxy groups -OCH3 is 1. The fourth-order valence-electron chi connectivity index (χ4n) is 3.70. The molecule has 0 aliphatic heterocycles. The maximum absolute atomic E-state index is 13.0. The minimum Gasteiger partial charge on any atom is -0.497 e. The van der Waals surface area contributed by atoms with Crippen molar-refractivity contribution in [1.82, 2.24) is 5.32 Å². The van der Waals surface area contributed by atoms with Gasteiger partial charge in [0.05, 0.1) is 19.1 Å². The van der Waals surface area contributed by atoms with Gasteiger partial charge in [0.1, 0.15) is 17.3 Å². The van der Waals surface area contributed by atoms with E-state index >= 15 is 0 Å². The first kappa shape index (κ1) is 37.5. The van der Waals surface area contributed by atoms with Crippen LogP contribution in [0.25, 0.3) is 0 Å². The van der Waals surface area contributed by atoms with Crippen LogP contribution in [0.2, 0.25) is 0 Å². The Bertz CT molecular complexity index is 1020. The van der Waals surface area contributed by atoms with Gasteiger partial charge in [0.25, 0.3) is 0 Å². The molecule has 1 rings (SSSR count). The molecule has 0 amide bonds. The highest BCUT2D eigenvalue weighted by molar-refractivity contribution is 6.08. The highest BCUT2D eigenvalue weighted by Gasteiger charge is 2.19. The number of nitrogens with two attached hydrogens (primary N) is 1. The van der Waals surface area contributed by atoms with Gasteiger partial charge < -0.3 is 25.6 Å². The van der Waals surface area contributed by atoms with Gasteiger partial charge in [0, 0.05) is 5.70 Å². The molecule has 1 fully saturated rings. The Morgan fingerprint density at radius 3 is 2.20 bits per heavy atom. The third kappa shape index (κ3) is 17.0. The summed E-state index contributed by atoms with van der Waals surface area (Å²) in [5.74, 6) is 0.752. The monoisotopic (exact) mass is 571 g/mol. The van der Waals surface area contributed by atoms with E-state index in [1.165, 1.54) is 6.42 Å². The molecule has 1 aliphatic rings. The summed E-state index contributed by atoms with van der Waals surface area (Å²) >= 11 is 0. The summed E-state index contributed by atoms with van der Waals surface area (Å²) in [6.45, 7) is 13.3. The molecule has 0 atom stereocenters. The van der Waals surface area contributed by atoms with E-state index in [-0.39, 0.29) is 23.5 Å². The van der Waals surface area contributed by atoms with E-state index in [1.807, 2.05) is 52.0 Å². The van der Waals surface area contributed by atoms with Crippen LogP contribution in [0.1, 0.15) is 99.8 Å². The van der Waals surface area contributed by atoms with Gasteiger partial charge in [-0.1, -0.05) is 57.8 Å². The molecule has 0 spiro atoms. The van der Waals surface area contributed by atoms with Gasteiger partial charge in [-0.05, 0) is 90.2 Å². The number of carboxylic acids is 1. The molecule has 0 saturated heterocycles. The average Bonchev–Trinajstić information content (AvgIpc) is 2.95. The number of rotatable bonds is 14. The number of unbranched alkanes of at least 4 members (excludes halogenated alkanes) is 1. The second-order valence-corrected chi connectivity index (χ2v) is 10.1. The lowest BCUT2D eigenvalue weighted by atomic mass is 9.90. The van der Waals surface area contributed by atoms with E-state index in [9.17, 15) is 9.59 Å². The molecule has 41 heavy (non-hydrogen) atoms. The molecule has 1 saturated carbocycles. The van der Waals surface area contributed by atoms with Crippen LogP contribution in [-0.4, -0.2) is 36.0 Å². The van der Waals surface area contributed by atoms with Crippen molar-refractivity contribution < 1.29 is 24.2 Å². The highest BCUT2D eigenvalue weighted by Crippen LogP contribution is 2.23. The molecule has 0 bridgehead atoms. The normalized spacial score (nSPS) is 16.4. The van der Waals surface area contributed by atoms with Crippen LogP contribution >= 0.6 is 0 Å². The summed E-state index contributed by atoms with van der Waals surface area (Å²) < 4.78 is 11.1. The third-order valence-electron chi connectivity index (χ3n) is 6.01. The Hall–Kier alpha value is -3.55. The minimum atomic E-state index is -0.602. The molecule has 8 heteroatoms. The largest absolute Gasteiger partial charge is 0.497 e. The SMILES string of the molecule is C\C=C(/N=C(\C=C\CCC)OC(C)C)N/C(C(=O)/C(C)=C/C=C(\C=C\CC)OC)=C(\C)N.O=C(O)C1CCCCC1. The average molecular weight is 572 g/mol. The van der Waals surface area contributed by atoms with Crippen LogP contribution in [0.3, 0.4) is 0 Å². The maximum atomic E-state index is 13.0. The van der Waals surface area contributed by atoms with Crippen LogP contribution in [0.4, 0.5) is 0 Å². The lowest BCUT2D eigenvalue weighted by Gasteiger charge is -2.16. The summed E-state index contributed by atoms with van der Waals surface area (Å²) in [5, 5.41) is 11.6. The van der Waals surface area contributed by atoms with Crippen LogP contribution in [0.15, 0.2) is 76.1 Å². The number of carbonyl (C=O) groups excluding carboxylic acids is 1. The first-order chi connectivity index (χ1) is 19.5. The number of aliphatic imine (C=N–C) groups is 1. The number of ketones is 1. The van der Waals surface area contributed by atoms with E-state index in [0.717, 1.165) is 44.9 Å². The number of nitrogens with zero attached hydrogens (tertiary/aromatic N) is 1. The summed E-state index contributed by atoms with van der Waals surface area (Å²) in [7, 11) is 1.59. The number of nitrogens with one attached hydrogen (secondary N) is 1. The Morgan fingerprint density at radius 2 is 1.73 bits per heavy atom. The molecule has 4 N–H and O–H groups in total. The van der Waals surface area contributed by atoms with E-state index in [0.29, 0.717) is 28.7 Å². The quantitative estimate of drug-likeness (QED) is 0.0649. The van der Waals surface area contributed by atoms with Gasteiger partial charge in [-0.25, -0.2) is 0 Å². The number of Topliss-reactive ketones (excluding diaryl/α,β-unsaturated/α-hetero) is 1. The van der Waals surface area contributed by atoms with Gasteiger partial charge in [0.15, 0.2) is 0 Å². The zero-order valence-corrected chi connectivity index (χ0v) is 26.5. The molecule has 0 radical (unpaired) electrons. The van der Waals surface area contributed by atoms with Gasteiger partial charge in [-0.3, -0.25) is 9.59 Å². The number of ether oxygens (including phenoxy) is 2. The zero-order valence-electron chi connectivity index (χ0n) is 26.5. The summed E-state index contributed by atoms with van der Waals surface area (Å²) in [4.78, 5) is 27.9. The number of aliphatic carboxylic acids is 1. The smallest absolute Gasteiger partial charge is 0.306 e. The standard InChI is InChI=1S/C26H41N3O3.C7H12O2/c1-9-12-14-16-24(32-19(4)5)28-23(11-3)29-25(21(7)27)26(30)20(6)17-18-22(31-8)15-13-10-2;8-7(9)6-4-2-1-3-5-6/h11,13-19,29H,9-10,12,27H2,1-8H3;6H,1-5H2,(H,8,9)/b15-13+,16-14+,20-17+,22-18+,23-11+,25-21+,28-24+;. The molecule has 0 aromatic rings. The minimum absolute atomic E-state index is 0.0280. The van der Waals surface area contributed by atoms with E-state index in [2.05, 4.69) is 17.2 Å². The van der Waals surface area contributed by atoms with Crippen LogP contribution in [0, 0.1) is 5.92 Å². The summed E-state index contributed by atoms with van der Waals surface area (Å²) in [6.07, 6.45) is 21.0. The highest BCUT2D eigenvalue weighted by atomic mass is 16.5. The summed E-state index contributed by atoms with van der Waals surface area (Å²) in [6, 6.07) is 0. The van der Waals surface area contributed by atoms with Crippen molar-refractivity contribution in [3.8, 4) is 0 Å². The van der Waals surface area contributed by atoms with Gasteiger partial charge in [0.2, 0.25) is 11.7 Å². The van der Waals surface area contributed by atoms with Crippen molar-refractivity contribution in [1.29, 1.82) is 0 Å². The van der Waals surface area contributed by atoms with E-state index in [1.54, 1.807) is 39.2 Å². The predicted octanol–water partition coefficient (Wildman–Crippen LogP) is 7.47. The molecule has 0 unspecified atom stereocenters. The Kier molecular flexibility index (Phi) is 20.3. The van der Waals surface area contributed by atoms with Crippen molar-refractivity contribution >= 4 is 17.7 Å². The fraction of sp³-hybridized carbons (Fsp3) is 0.545. The topological polar surface area (TPSA) is 123 Å². The van der Waals surface area contributed by atoms with Gasteiger partial charge in [-0.15, -0.1) is 0 Å². The third-order valence-corrected chi connectivity index (χ3v) is 6.01. The van der Waals surface area contributed by atoms with Crippen LogP contribution in [-0.2, 0) is 19.1 Å². The summed E-state index contributed by atoms with van der Waals surface area (Å²) in [5.41, 5.74) is 7.18. The molecule has 230 valence electrons. The number of carbonyl (C=O) groups is 2. The van der Waals surface area contributed by atoms with Crippen molar-refractivity contribution in [3.05, 3.63) is 71.1 Å². The number of hydrogen-bond donors (Lipinski definition) is 3. The first-order valence-electron chi connectivity index (χ1n) is 14.7. The first-order valence-corrected chi connectivity index (χ1v) is 14.7. The van der Waals surface area contributed by atoms with Crippen molar-refractivity contribution in [2.75, 3.05) is 7.11 Å². The molecule has 8 nitrogen and oxygen atoms in total. The van der Waals surface area contributed by atoms with Gasteiger partial charge in [-0.2, -0.15) is 4.99 Å². The Morgan fingerprint density at radius 1 is 1.07 bits per heavy atom. The molecule has 0 aromatic carbocycles. The van der Waals surface area contributed by atoms with Crippen LogP contribution < -0.4 is 11.1 Å². The van der Waals surface area contributed by atoms with Crippen molar-refractivity contribution in [2.45, 2.75) is 106 Å². The van der Waals surface area contributed by atoms with Crippen molar-refractivity contribution in [3.63, 3.8) is 0 Å². The van der Waals surface area contributed by atoms with Crippen LogP contribution in [0.5, 0.6) is 0 Å². The molecule has 0 aromatic heterocycles. The maximum Gasteiger partial charge on any atom is 0.306 e. The van der Waals surface area contributed by atoms with E-state index in [4.69, 9.17) is 20.3 Å². The van der Waals surface area contributed by atoms with Gasteiger partial charge >= 0.3 is 5.97 Å². The second-order valence-electron chi connectivity index (χ2n) is 10.1. The second kappa shape index (κ2) is 22.2. The lowest BCUT2D eigenvalue weighted by Crippen LogP contribution is -2.25. The number of carboxylic acid groups (broad SMARTS) is 1. The Balaban J connectivity index is 0.00000149. The fourth-order valence-corrected chi connectivity index (χ4v) is 3.70. The molecule has 0 heterocycles.